The van der Waals surface area contributed by atoms with E-state index in [0.29, 0.717) is 6.54 Å². The van der Waals surface area contributed by atoms with Crippen molar-refractivity contribution in [3.05, 3.63) is 34.3 Å². The van der Waals surface area contributed by atoms with Crippen LogP contribution in [0.5, 0.6) is 0 Å². The van der Waals surface area contributed by atoms with Crippen LogP contribution in [0, 0.1) is 18.8 Å². The fourth-order valence-electron chi connectivity index (χ4n) is 2.54. The van der Waals surface area contributed by atoms with E-state index in [-0.39, 0.29) is 11.8 Å². The first kappa shape index (κ1) is 13.4. The SMILES string of the molecule is Cc1ccc(CN2CC(C)C(C(=O)O)C2)c(Cl)c1. The van der Waals surface area contributed by atoms with Gasteiger partial charge in [0.05, 0.1) is 5.92 Å². The van der Waals surface area contributed by atoms with Gasteiger partial charge in [-0.1, -0.05) is 30.7 Å². The lowest BCUT2D eigenvalue weighted by Crippen LogP contribution is -2.23. The number of aliphatic carboxylic acids is 1. The summed E-state index contributed by atoms with van der Waals surface area (Å²) in [6, 6.07) is 6.01. The lowest BCUT2D eigenvalue weighted by molar-refractivity contribution is -0.142. The molecule has 0 aliphatic carbocycles. The van der Waals surface area contributed by atoms with E-state index in [0.717, 1.165) is 29.2 Å². The Bertz CT molecular complexity index is 461. The fourth-order valence-corrected chi connectivity index (χ4v) is 2.83. The molecule has 3 nitrogen and oxygen atoms in total. The zero-order valence-corrected chi connectivity index (χ0v) is 11.4. The number of hydrogen-bond donors (Lipinski definition) is 1. The molecule has 0 spiro atoms. The zero-order chi connectivity index (χ0) is 13.3. The fraction of sp³-hybridized carbons (Fsp3) is 0.500. The van der Waals surface area contributed by atoms with Crippen molar-refractivity contribution in [1.82, 2.24) is 4.90 Å². The highest BCUT2D eigenvalue weighted by Crippen LogP contribution is 2.26. The molecule has 1 aliphatic heterocycles. The molecule has 1 heterocycles. The topological polar surface area (TPSA) is 40.5 Å². The average molecular weight is 268 g/mol. The first-order chi connectivity index (χ1) is 8.47. The van der Waals surface area contributed by atoms with E-state index in [2.05, 4.69) is 4.90 Å². The predicted molar refractivity (Wildman–Crippen MR) is 71.8 cm³/mol. The van der Waals surface area contributed by atoms with Crippen molar-refractivity contribution in [3.63, 3.8) is 0 Å². The van der Waals surface area contributed by atoms with Gasteiger partial charge in [0, 0.05) is 24.7 Å². The minimum Gasteiger partial charge on any atom is -0.481 e. The summed E-state index contributed by atoms with van der Waals surface area (Å²) < 4.78 is 0. The third-order valence-corrected chi connectivity index (χ3v) is 3.96. The van der Waals surface area contributed by atoms with Crippen LogP contribution in [0.4, 0.5) is 0 Å². The van der Waals surface area contributed by atoms with Crippen LogP contribution in [-0.2, 0) is 11.3 Å². The number of hydrogen-bond acceptors (Lipinski definition) is 2. The van der Waals surface area contributed by atoms with E-state index in [9.17, 15) is 4.79 Å². The number of rotatable bonds is 3. The highest BCUT2D eigenvalue weighted by molar-refractivity contribution is 6.31. The molecular formula is C14H18ClNO2. The van der Waals surface area contributed by atoms with E-state index in [1.807, 2.05) is 32.0 Å². The lowest BCUT2D eigenvalue weighted by Gasteiger charge is -2.16. The molecule has 0 saturated carbocycles. The molecule has 98 valence electrons. The van der Waals surface area contributed by atoms with Crippen molar-refractivity contribution in [2.75, 3.05) is 13.1 Å². The molecule has 0 bridgehead atoms. The second-order valence-electron chi connectivity index (χ2n) is 5.21. The molecular weight excluding hydrogens is 250 g/mol. The van der Waals surface area contributed by atoms with Crippen molar-refractivity contribution < 1.29 is 9.90 Å². The van der Waals surface area contributed by atoms with Gasteiger partial charge >= 0.3 is 5.97 Å². The molecule has 0 aromatic heterocycles. The number of carboxylic acid groups (broad SMARTS) is 1. The van der Waals surface area contributed by atoms with Gasteiger partial charge in [-0.2, -0.15) is 0 Å². The first-order valence-electron chi connectivity index (χ1n) is 6.17. The molecule has 2 unspecified atom stereocenters. The quantitative estimate of drug-likeness (QED) is 0.916. The van der Waals surface area contributed by atoms with Crippen molar-refractivity contribution in [3.8, 4) is 0 Å². The third-order valence-electron chi connectivity index (χ3n) is 3.61. The van der Waals surface area contributed by atoms with Gasteiger partial charge in [-0.3, -0.25) is 9.69 Å². The molecule has 1 aromatic rings. The Morgan fingerprint density at radius 2 is 2.22 bits per heavy atom. The number of benzene rings is 1. The number of halogens is 1. The monoisotopic (exact) mass is 267 g/mol. The summed E-state index contributed by atoms with van der Waals surface area (Å²) in [7, 11) is 0. The van der Waals surface area contributed by atoms with Gasteiger partial charge in [-0.25, -0.2) is 0 Å². The highest BCUT2D eigenvalue weighted by atomic mass is 35.5. The molecule has 2 rings (SSSR count). The second-order valence-corrected chi connectivity index (χ2v) is 5.62. The van der Waals surface area contributed by atoms with Crippen LogP contribution >= 0.6 is 11.6 Å². The van der Waals surface area contributed by atoms with Gasteiger partial charge in [0.2, 0.25) is 0 Å². The number of nitrogens with zero attached hydrogens (tertiary/aromatic N) is 1. The zero-order valence-electron chi connectivity index (χ0n) is 10.7. The maximum Gasteiger partial charge on any atom is 0.308 e. The lowest BCUT2D eigenvalue weighted by atomic mass is 9.99. The Hall–Kier alpha value is -1.06. The van der Waals surface area contributed by atoms with E-state index in [1.54, 1.807) is 0 Å². The van der Waals surface area contributed by atoms with Gasteiger partial charge in [0.15, 0.2) is 0 Å². The Morgan fingerprint density at radius 1 is 1.50 bits per heavy atom. The standard InChI is InChI=1S/C14H18ClNO2/c1-9-3-4-11(13(15)5-9)7-16-6-10(2)12(8-16)14(17)18/h3-5,10,12H,6-8H2,1-2H3,(H,17,18). The largest absolute Gasteiger partial charge is 0.481 e. The van der Waals surface area contributed by atoms with Gasteiger partial charge in [-0.15, -0.1) is 0 Å². The van der Waals surface area contributed by atoms with Crippen LogP contribution in [0.1, 0.15) is 18.1 Å². The Morgan fingerprint density at radius 3 is 2.78 bits per heavy atom. The van der Waals surface area contributed by atoms with E-state index in [1.165, 1.54) is 0 Å². The first-order valence-corrected chi connectivity index (χ1v) is 6.55. The maximum absolute atomic E-state index is 11.1. The van der Waals surface area contributed by atoms with E-state index >= 15 is 0 Å². The van der Waals surface area contributed by atoms with E-state index < -0.39 is 5.97 Å². The molecule has 18 heavy (non-hydrogen) atoms. The van der Waals surface area contributed by atoms with Crippen LogP contribution in [0.25, 0.3) is 0 Å². The normalized spacial score (nSPS) is 24.4. The van der Waals surface area contributed by atoms with Gasteiger partial charge in [-0.05, 0) is 30.0 Å². The summed E-state index contributed by atoms with van der Waals surface area (Å²) in [5.74, 6) is -0.749. The summed E-state index contributed by atoms with van der Waals surface area (Å²) in [6.07, 6.45) is 0. The van der Waals surface area contributed by atoms with Gasteiger partial charge < -0.3 is 5.11 Å². The van der Waals surface area contributed by atoms with Crippen LogP contribution in [0.15, 0.2) is 18.2 Å². The summed E-state index contributed by atoms with van der Waals surface area (Å²) in [6.45, 7) is 6.17. The Balaban J connectivity index is 2.05. The van der Waals surface area contributed by atoms with Crippen LogP contribution in [0.2, 0.25) is 5.02 Å². The molecule has 1 fully saturated rings. The minimum absolute atomic E-state index is 0.201. The number of carbonyl (C=O) groups is 1. The number of likely N-dealkylation sites (tertiary alicyclic amines) is 1. The Kier molecular flexibility index (Phi) is 3.93. The van der Waals surface area contributed by atoms with Crippen LogP contribution in [-0.4, -0.2) is 29.1 Å². The Labute approximate surface area is 112 Å². The minimum atomic E-state index is -0.694. The molecule has 0 radical (unpaired) electrons. The molecule has 1 saturated heterocycles. The van der Waals surface area contributed by atoms with Crippen molar-refractivity contribution in [1.29, 1.82) is 0 Å². The summed E-state index contributed by atoms with van der Waals surface area (Å²) in [4.78, 5) is 13.2. The van der Waals surface area contributed by atoms with E-state index in [4.69, 9.17) is 16.7 Å². The highest BCUT2D eigenvalue weighted by Gasteiger charge is 2.34. The van der Waals surface area contributed by atoms with Crippen LogP contribution < -0.4 is 0 Å². The number of aryl methyl sites for hydroxylation is 1. The van der Waals surface area contributed by atoms with Crippen molar-refractivity contribution in [2.45, 2.75) is 20.4 Å². The summed E-state index contributed by atoms with van der Waals surface area (Å²) >= 11 is 6.20. The molecule has 4 heteroatoms. The maximum atomic E-state index is 11.1. The third kappa shape index (κ3) is 2.85. The smallest absolute Gasteiger partial charge is 0.308 e. The molecule has 1 N–H and O–H groups in total. The van der Waals surface area contributed by atoms with Crippen molar-refractivity contribution >= 4 is 17.6 Å². The average Bonchev–Trinajstić information content (AvgIpc) is 2.64. The molecule has 0 amide bonds. The molecule has 1 aliphatic rings. The summed E-state index contributed by atoms with van der Waals surface area (Å²) in [5, 5.41) is 9.87. The number of carboxylic acids is 1. The van der Waals surface area contributed by atoms with Crippen molar-refractivity contribution in [2.24, 2.45) is 11.8 Å². The molecule has 1 aromatic carbocycles. The van der Waals surface area contributed by atoms with Crippen LogP contribution in [0.3, 0.4) is 0 Å². The van der Waals surface area contributed by atoms with Gasteiger partial charge in [0.1, 0.15) is 0 Å². The van der Waals surface area contributed by atoms with Gasteiger partial charge in [0.25, 0.3) is 0 Å². The second kappa shape index (κ2) is 5.29. The predicted octanol–water partition coefficient (Wildman–Crippen LogP) is 2.80. The summed E-state index contributed by atoms with van der Waals surface area (Å²) in [5.41, 5.74) is 2.21. The molecule has 2 atom stereocenters.